The summed E-state index contributed by atoms with van der Waals surface area (Å²) in [5, 5.41) is 2.94. The maximum atomic E-state index is 13.8. The van der Waals surface area contributed by atoms with Crippen LogP contribution in [0.5, 0.6) is 0 Å². The van der Waals surface area contributed by atoms with Gasteiger partial charge in [0.05, 0.1) is 31.8 Å². The van der Waals surface area contributed by atoms with E-state index in [0.29, 0.717) is 44.2 Å². The Labute approximate surface area is 173 Å². The Kier molecular flexibility index (Phi) is 6.15. The van der Waals surface area contributed by atoms with Gasteiger partial charge in [0.2, 0.25) is 0 Å². The lowest BCUT2D eigenvalue weighted by Crippen LogP contribution is -2.44. The van der Waals surface area contributed by atoms with Crippen molar-refractivity contribution in [1.29, 1.82) is 0 Å². The normalized spacial score (nSPS) is 15.7. The van der Waals surface area contributed by atoms with E-state index < -0.39 is 0 Å². The van der Waals surface area contributed by atoms with E-state index in [-0.39, 0.29) is 23.6 Å². The Bertz CT molecular complexity index is 1000. The van der Waals surface area contributed by atoms with Crippen LogP contribution in [0.15, 0.2) is 61.1 Å². The lowest BCUT2D eigenvalue weighted by molar-refractivity contribution is 0.0161. The third-order valence-electron chi connectivity index (χ3n) is 5.15. The number of rotatable bonds is 6. The van der Waals surface area contributed by atoms with E-state index in [1.54, 1.807) is 22.8 Å². The van der Waals surface area contributed by atoms with Crippen molar-refractivity contribution < 1.29 is 18.3 Å². The highest BCUT2D eigenvalue weighted by Crippen LogP contribution is 2.22. The molecule has 6 nitrogen and oxygen atoms in total. The number of benzene rings is 2. The van der Waals surface area contributed by atoms with Gasteiger partial charge in [0.1, 0.15) is 17.3 Å². The van der Waals surface area contributed by atoms with Gasteiger partial charge in [-0.05, 0) is 42.0 Å². The molecule has 3 aromatic rings. The Morgan fingerprint density at radius 3 is 2.60 bits per heavy atom. The van der Waals surface area contributed by atoms with Gasteiger partial charge in [0.15, 0.2) is 0 Å². The molecule has 1 atom stereocenters. The van der Waals surface area contributed by atoms with Crippen molar-refractivity contribution in [2.45, 2.75) is 6.04 Å². The van der Waals surface area contributed by atoms with Gasteiger partial charge in [-0.25, -0.2) is 13.8 Å². The Morgan fingerprint density at radius 2 is 1.87 bits per heavy atom. The molecule has 0 spiro atoms. The zero-order valence-corrected chi connectivity index (χ0v) is 16.3. The van der Waals surface area contributed by atoms with Gasteiger partial charge in [-0.1, -0.05) is 12.1 Å². The van der Waals surface area contributed by atoms with E-state index in [2.05, 4.69) is 15.2 Å². The zero-order chi connectivity index (χ0) is 20.9. The van der Waals surface area contributed by atoms with Crippen LogP contribution in [0.25, 0.3) is 5.69 Å². The zero-order valence-electron chi connectivity index (χ0n) is 16.3. The molecule has 2 heterocycles. The maximum absolute atomic E-state index is 13.8. The Hall–Kier alpha value is -3.10. The first-order valence-corrected chi connectivity index (χ1v) is 9.75. The number of carbonyl (C=O) groups is 1. The number of imidazole rings is 1. The van der Waals surface area contributed by atoms with E-state index in [4.69, 9.17) is 4.74 Å². The molecule has 1 aliphatic heterocycles. The van der Waals surface area contributed by atoms with Crippen LogP contribution in [-0.4, -0.2) is 53.2 Å². The number of amides is 1. The monoisotopic (exact) mass is 412 g/mol. The van der Waals surface area contributed by atoms with Crippen LogP contribution >= 0.6 is 0 Å². The van der Waals surface area contributed by atoms with Gasteiger partial charge >= 0.3 is 0 Å². The second-order valence-electron chi connectivity index (χ2n) is 7.05. The summed E-state index contributed by atoms with van der Waals surface area (Å²) >= 11 is 0. The molecular weight excluding hydrogens is 390 g/mol. The topological polar surface area (TPSA) is 59.4 Å². The van der Waals surface area contributed by atoms with Gasteiger partial charge in [0.25, 0.3) is 5.91 Å². The number of carbonyl (C=O) groups excluding carboxylic acids is 1. The van der Waals surface area contributed by atoms with Crippen LogP contribution in [0.3, 0.4) is 0 Å². The standard InChI is InChI=1S/C22H22F2N4O2/c23-17-4-6-19(7-5-17)28-15-25-13-21(28)22(29)26-14-20(27-8-10-30-11-9-27)16-2-1-3-18(24)12-16/h1-7,12-13,15,20H,8-11,14H2,(H,26,29). The van der Waals surface area contributed by atoms with Crippen LogP contribution in [-0.2, 0) is 4.74 Å². The lowest BCUT2D eigenvalue weighted by atomic mass is 10.0. The molecule has 2 aromatic carbocycles. The fraction of sp³-hybridized carbons (Fsp3) is 0.273. The quantitative estimate of drug-likeness (QED) is 0.676. The first kappa shape index (κ1) is 20.2. The minimum atomic E-state index is -0.353. The van der Waals surface area contributed by atoms with Crippen LogP contribution in [0.1, 0.15) is 22.1 Å². The first-order valence-electron chi connectivity index (χ1n) is 9.75. The van der Waals surface area contributed by atoms with Gasteiger partial charge in [-0.2, -0.15) is 0 Å². The number of hydrogen-bond acceptors (Lipinski definition) is 4. The number of nitrogens with one attached hydrogen (secondary N) is 1. The summed E-state index contributed by atoms with van der Waals surface area (Å²) in [6.45, 7) is 2.89. The molecule has 156 valence electrons. The van der Waals surface area contributed by atoms with Gasteiger partial charge in [0, 0.05) is 25.3 Å². The van der Waals surface area contributed by atoms with Crippen molar-refractivity contribution in [2.75, 3.05) is 32.8 Å². The van der Waals surface area contributed by atoms with E-state index in [1.807, 2.05) is 6.07 Å². The van der Waals surface area contributed by atoms with Crippen LogP contribution in [0.2, 0.25) is 0 Å². The van der Waals surface area contributed by atoms with Crippen molar-refractivity contribution in [1.82, 2.24) is 19.8 Å². The maximum Gasteiger partial charge on any atom is 0.269 e. The summed E-state index contributed by atoms with van der Waals surface area (Å²) in [7, 11) is 0. The molecule has 1 N–H and O–H groups in total. The van der Waals surface area contributed by atoms with E-state index in [1.165, 1.54) is 36.8 Å². The predicted molar refractivity (Wildman–Crippen MR) is 107 cm³/mol. The van der Waals surface area contributed by atoms with Crippen LogP contribution < -0.4 is 5.32 Å². The fourth-order valence-electron chi connectivity index (χ4n) is 3.61. The molecule has 30 heavy (non-hydrogen) atoms. The molecule has 0 radical (unpaired) electrons. The minimum absolute atomic E-state index is 0.184. The largest absolute Gasteiger partial charge is 0.379 e. The SMILES string of the molecule is O=C(NCC(c1cccc(F)c1)N1CCOCC1)c1cncn1-c1ccc(F)cc1. The smallest absolute Gasteiger partial charge is 0.269 e. The van der Waals surface area contributed by atoms with Crippen LogP contribution in [0.4, 0.5) is 8.78 Å². The number of nitrogens with zero attached hydrogens (tertiary/aromatic N) is 3. The first-order chi connectivity index (χ1) is 14.6. The summed E-state index contributed by atoms with van der Waals surface area (Å²) in [6.07, 6.45) is 2.97. The second kappa shape index (κ2) is 9.15. The molecule has 1 saturated heterocycles. The van der Waals surface area contributed by atoms with Crippen molar-refractivity contribution in [3.8, 4) is 5.69 Å². The van der Waals surface area contributed by atoms with Gasteiger partial charge in [-0.15, -0.1) is 0 Å². The molecule has 8 heteroatoms. The van der Waals surface area contributed by atoms with Crippen LogP contribution in [0, 0.1) is 11.6 Å². The molecule has 1 amide bonds. The highest BCUT2D eigenvalue weighted by atomic mass is 19.1. The van der Waals surface area contributed by atoms with Crippen molar-refractivity contribution in [3.63, 3.8) is 0 Å². The number of hydrogen-bond donors (Lipinski definition) is 1. The number of halogens is 2. The highest BCUT2D eigenvalue weighted by Gasteiger charge is 2.24. The number of aromatic nitrogens is 2. The van der Waals surface area contributed by atoms with Crippen molar-refractivity contribution in [2.24, 2.45) is 0 Å². The van der Waals surface area contributed by atoms with Crippen molar-refractivity contribution in [3.05, 3.63) is 83.9 Å². The summed E-state index contributed by atoms with van der Waals surface area (Å²) in [5.41, 5.74) is 1.76. The fourth-order valence-corrected chi connectivity index (χ4v) is 3.61. The summed E-state index contributed by atoms with van der Waals surface area (Å²) in [6, 6.07) is 12.1. The summed E-state index contributed by atoms with van der Waals surface area (Å²) in [5.74, 6) is -0.980. The van der Waals surface area contributed by atoms with Gasteiger partial charge in [-0.3, -0.25) is 14.3 Å². The van der Waals surface area contributed by atoms with E-state index in [0.717, 1.165) is 5.56 Å². The molecule has 0 aliphatic carbocycles. The third-order valence-corrected chi connectivity index (χ3v) is 5.15. The third kappa shape index (κ3) is 4.55. The average molecular weight is 412 g/mol. The molecule has 1 aliphatic rings. The second-order valence-corrected chi connectivity index (χ2v) is 7.05. The minimum Gasteiger partial charge on any atom is -0.379 e. The molecule has 4 rings (SSSR count). The molecular formula is C22H22F2N4O2. The van der Waals surface area contributed by atoms with Crippen molar-refractivity contribution >= 4 is 5.91 Å². The molecule has 1 fully saturated rings. The van der Waals surface area contributed by atoms with Gasteiger partial charge < -0.3 is 10.1 Å². The molecule has 0 bridgehead atoms. The summed E-state index contributed by atoms with van der Waals surface area (Å²) < 4.78 is 34.1. The molecule has 0 saturated carbocycles. The average Bonchev–Trinajstić information content (AvgIpc) is 3.25. The number of ether oxygens (including phenoxy) is 1. The number of morpholine rings is 1. The van der Waals surface area contributed by atoms with E-state index in [9.17, 15) is 13.6 Å². The highest BCUT2D eigenvalue weighted by molar-refractivity contribution is 5.93. The molecule has 1 unspecified atom stereocenters. The molecule has 1 aromatic heterocycles. The Morgan fingerprint density at radius 1 is 1.10 bits per heavy atom. The lowest BCUT2D eigenvalue weighted by Gasteiger charge is -2.35. The summed E-state index contributed by atoms with van der Waals surface area (Å²) in [4.78, 5) is 19.1. The Balaban J connectivity index is 1.52. The van der Waals surface area contributed by atoms with E-state index >= 15 is 0 Å². The predicted octanol–water partition coefficient (Wildman–Crippen LogP) is 2.95.